The second kappa shape index (κ2) is 4.13. The number of aromatic nitrogens is 1. The van der Waals surface area contributed by atoms with E-state index in [-0.39, 0.29) is 11.7 Å². The standard InChI is InChI=1S/C16H13FN2O/c17-14-3-5-18-9-13(14)12-7-10-1-2-15(20)19-6-4-11(8-12)16(10)19/h3,5,7-9H,1-2,4,6H2. The van der Waals surface area contributed by atoms with Crippen molar-refractivity contribution in [2.45, 2.75) is 19.3 Å². The summed E-state index contributed by atoms with van der Waals surface area (Å²) in [6, 6.07) is 5.38. The molecule has 0 spiro atoms. The zero-order valence-corrected chi connectivity index (χ0v) is 10.9. The van der Waals surface area contributed by atoms with Crippen molar-refractivity contribution in [2.24, 2.45) is 0 Å². The van der Waals surface area contributed by atoms with Crippen LogP contribution in [0, 0.1) is 5.82 Å². The Bertz CT molecular complexity index is 726. The monoisotopic (exact) mass is 268 g/mol. The highest BCUT2D eigenvalue weighted by molar-refractivity contribution is 5.99. The molecular formula is C16H13FN2O. The van der Waals surface area contributed by atoms with E-state index < -0.39 is 0 Å². The van der Waals surface area contributed by atoms with Crippen LogP contribution >= 0.6 is 0 Å². The predicted octanol–water partition coefficient (Wildman–Crippen LogP) is 2.72. The molecule has 1 amide bonds. The third-order valence-corrected chi connectivity index (χ3v) is 4.13. The highest BCUT2D eigenvalue weighted by Crippen LogP contribution is 2.39. The third-order valence-electron chi connectivity index (χ3n) is 4.13. The van der Waals surface area contributed by atoms with Gasteiger partial charge in [-0.3, -0.25) is 9.78 Å². The molecule has 0 bridgehead atoms. The van der Waals surface area contributed by atoms with Gasteiger partial charge >= 0.3 is 0 Å². The number of nitrogens with zero attached hydrogens (tertiary/aromatic N) is 2. The van der Waals surface area contributed by atoms with Crippen LogP contribution in [0.2, 0.25) is 0 Å². The topological polar surface area (TPSA) is 33.2 Å². The molecule has 0 radical (unpaired) electrons. The van der Waals surface area contributed by atoms with Gasteiger partial charge in [-0.05, 0) is 47.7 Å². The van der Waals surface area contributed by atoms with E-state index in [2.05, 4.69) is 4.98 Å². The maximum Gasteiger partial charge on any atom is 0.227 e. The number of rotatable bonds is 1. The van der Waals surface area contributed by atoms with Gasteiger partial charge in [0.25, 0.3) is 0 Å². The molecule has 2 aliphatic heterocycles. The van der Waals surface area contributed by atoms with Crippen LogP contribution in [0.4, 0.5) is 10.1 Å². The number of halogens is 1. The summed E-state index contributed by atoms with van der Waals surface area (Å²) in [5.74, 6) is -0.0505. The van der Waals surface area contributed by atoms with Crippen LogP contribution in [-0.4, -0.2) is 17.4 Å². The minimum atomic E-state index is -0.256. The quantitative estimate of drug-likeness (QED) is 0.796. The summed E-state index contributed by atoms with van der Waals surface area (Å²) in [7, 11) is 0. The lowest BCUT2D eigenvalue weighted by Gasteiger charge is -2.25. The summed E-state index contributed by atoms with van der Waals surface area (Å²) >= 11 is 0. The zero-order valence-electron chi connectivity index (χ0n) is 10.9. The highest BCUT2D eigenvalue weighted by Gasteiger charge is 2.31. The molecule has 0 N–H and O–H groups in total. The molecule has 100 valence electrons. The maximum absolute atomic E-state index is 13.9. The Kier molecular flexibility index (Phi) is 2.39. The van der Waals surface area contributed by atoms with Gasteiger partial charge in [0.05, 0.1) is 5.69 Å². The largest absolute Gasteiger partial charge is 0.312 e. The summed E-state index contributed by atoms with van der Waals surface area (Å²) in [5.41, 5.74) is 4.75. The first kappa shape index (κ1) is 11.6. The Hall–Kier alpha value is -2.23. The van der Waals surface area contributed by atoms with Gasteiger partial charge < -0.3 is 4.90 Å². The first-order chi connectivity index (χ1) is 9.74. The normalized spacial score (nSPS) is 16.4. The second-order valence-electron chi connectivity index (χ2n) is 5.29. The van der Waals surface area contributed by atoms with E-state index in [9.17, 15) is 9.18 Å². The predicted molar refractivity (Wildman–Crippen MR) is 74.0 cm³/mol. The average molecular weight is 268 g/mol. The molecule has 4 heteroatoms. The van der Waals surface area contributed by atoms with E-state index >= 15 is 0 Å². The lowest BCUT2D eigenvalue weighted by molar-refractivity contribution is -0.118. The summed E-state index contributed by atoms with van der Waals surface area (Å²) in [5, 5.41) is 0. The number of benzene rings is 1. The third kappa shape index (κ3) is 1.57. The fourth-order valence-electron chi connectivity index (χ4n) is 3.20. The summed E-state index contributed by atoms with van der Waals surface area (Å²) in [6.45, 7) is 0.750. The minimum absolute atomic E-state index is 0.205. The molecular weight excluding hydrogens is 255 g/mol. The van der Waals surface area contributed by atoms with E-state index in [1.807, 2.05) is 17.0 Å². The van der Waals surface area contributed by atoms with Crippen LogP contribution < -0.4 is 4.90 Å². The molecule has 3 heterocycles. The van der Waals surface area contributed by atoms with Gasteiger partial charge in [-0.2, -0.15) is 0 Å². The molecule has 0 saturated heterocycles. The van der Waals surface area contributed by atoms with E-state index in [4.69, 9.17) is 0 Å². The molecule has 1 aromatic carbocycles. The van der Waals surface area contributed by atoms with Gasteiger partial charge in [0.15, 0.2) is 0 Å². The van der Waals surface area contributed by atoms with Crippen LogP contribution in [-0.2, 0) is 17.6 Å². The molecule has 0 fully saturated rings. The zero-order chi connectivity index (χ0) is 13.7. The van der Waals surface area contributed by atoms with Crippen LogP contribution in [0.3, 0.4) is 0 Å². The lowest BCUT2D eigenvalue weighted by atomic mass is 9.94. The number of carbonyl (C=O) groups excluding carboxylic acids is 1. The fraction of sp³-hybridized carbons (Fsp3) is 0.250. The van der Waals surface area contributed by atoms with Crippen molar-refractivity contribution in [3.63, 3.8) is 0 Å². The Morgan fingerprint density at radius 2 is 1.95 bits per heavy atom. The lowest BCUT2D eigenvalue weighted by Crippen LogP contribution is -2.32. The van der Waals surface area contributed by atoms with Gasteiger partial charge in [0, 0.05) is 30.9 Å². The van der Waals surface area contributed by atoms with E-state index in [1.165, 1.54) is 12.3 Å². The molecule has 0 atom stereocenters. The number of carbonyl (C=O) groups is 1. The van der Waals surface area contributed by atoms with Crippen molar-refractivity contribution in [1.82, 2.24) is 4.98 Å². The van der Waals surface area contributed by atoms with Crippen molar-refractivity contribution < 1.29 is 9.18 Å². The molecule has 0 aliphatic carbocycles. The SMILES string of the molecule is O=C1CCc2cc(-c3cnccc3F)cc3c2N1CC3. The van der Waals surface area contributed by atoms with Crippen LogP contribution in [0.1, 0.15) is 17.5 Å². The van der Waals surface area contributed by atoms with Crippen LogP contribution in [0.5, 0.6) is 0 Å². The van der Waals surface area contributed by atoms with Gasteiger partial charge in [-0.1, -0.05) is 0 Å². The van der Waals surface area contributed by atoms with Crippen molar-refractivity contribution in [3.05, 3.63) is 47.5 Å². The van der Waals surface area contributed by atoms with Gasteiger partial charge in [-0.15, -0.1) is 0 Å². The smallest absolute Gasteiger partial charge is 0.227 e. The molecule has 2 aliphatic rings. The molecule has 1 aromatic heterocycles. The van der Waals surface area contributed by atoms with Gasteiger partial charge in [-0.25, -0.2) is 4.39 Å². The average Bonchev–Trinajstić information content (AvgIpc) is 2.89. The number of hydrogen-bond acceptors (Lipinski definition) is 2. The van der Waals surface area contributed by atoms with E-state index in [0.717, 1.165) is 41.8 Å². The Labute approximate surface area is 116 Å². The Morgan fingerprint density at radius 3 is 2.75 bits per heavy atom. The van der Waals surface area contributed by atoms with Gasteiger partial charge in [0.2, 0.25) is 5.91 Å². The first-order valence-corrected chi connectivity index (χ1v) is 6.80. The molecule has 20 heavy (non-hydrogen) atoms. The summed E-state index contributed by atoms with van der Waals surface area (Å²) in [6.07, 6.45) is 5.16. The minimum Gasteiger partial charge on any atom is -0.312 e. The summed E-state index contributed by atoms with van der Waals surface area (Å²) in [4.78, 5) is 17.8. The Balaban J connectivity index is 1.90. The molecule has 0 unspecified atom stereocenters. The first-order valence-electron chi connectivity index (χ1n) is 6.80. The van der Waals surface area contributed by atoms with E-state index in [0.29, 0.717) is 12.0 Å². The van der Waals surface area contributed by atoms with Crippen LogP contribution in [0.15, 0.2) is 30.6 Å². The second-order valence-corrected chi connectivity index (χ2v) is 5.29. The number of pyridine rings is 1. The molecule has 3 nitrogen and oxygen atoms in total. The maximum atomic E-state index is 13.9. The van der Waals surface area contributed by atoms with Crippen molar-refractivity contribution in [2.75, 3.05) is 11.4 Å². The number of amides is 1. The van der Waals surface area contributed by atoms with Crippen molar-refractivity contribution in [1.29, 1.82) is 0 Å². The number of aryl methyl sites for hydroxylation is 1. The van der Waals surface area contributed by atoms with Crippen molar-refractivity contribution >= 4 is 11.6 Å². The number of hydrogen-bond donors (Lipinski definition) is 0. The fourth-order valence-corrected chi connectivity index (χ4v) is 3.20. The highest BCUT2D eigenvalue weighted by atomic mass is 19.1. The van der Waals surface area contributed by atoms with Gasteiger partial charge in [0.1, 0.15) is 5.82 Å². The van der Waals surface area contributed by atoms with Crippen molar-refractivity contribution in [3.8, 4) is 11.1 Å². The molecule has 4 rings (SSSR count). The summed E-state index contributed by atoms with van der Waals surface area (Å²) < 4.78 is 13.9. The molecule has 0 saturated carbocycles. The van der Waals surface area contributed by atoms with E-state index in [1.54, 1.807) is 6.20 Å². The Morgan fingerprint density at radius 1 is 1.15 bits per heavy atom. The molecule has 2 aromatic rings. The number of anilines is 1. The van der Waals surface area contributed by atoms with Crippen LogP contribution in [0.25, 0.3) is 11.1 Å².